The van der Waals surface area contributed by atoms with Crippen LogP contribution in [0.4, 0.5) is 5.69 Å². The standard InChI is InChI=1S/C13H19N3O3S/c14-11-9-10(13(15)17)5-6-12(11)20(18,19)16-7-3-1-2-4-8-16/h5-6,9H,1-4,7-8,14H2,(H2,15,17). The summed E-state index contributed by atoms with van der Waals surface area (Å²) in [6, 6.07) is 4.06. The number of rotatable bonds is 3. The van der Waals surface area contributed by atoms with Gasteiger partial charge in [0.25, 0.3) is 0 Å². The maximum atomic E-state index is 12.6. The van der Waals surface area contributed by atoms with Gasteiger partial charge < -0.3 is 11.5 Å². The van der Waals surface area contributed by atoms with Crippen LogP contribution >= 0.6 is 0 Å². The fourth-order valence-corrected chi connectivity index (χ4v) is 3.97. The smallest absolute Gasteiger partial charge is 0.248 e. The van der Waals surface area contributed by atoms with Crippen molar-refractivity contribution in [1.29, 1.82) is 0 Å². The first-order valence-electron chi connectivity index (χ1n) is 6.62. The largest absolute Gasteiger partial charge is 0.398 e. The van der Waals surface area contributed by atoms with Crippen LogP contribution in [0.2, 0.25) is 0 Å². The van der Waals surface area contributed by atoms with Crippen molar-refractivity contribution in [2.24, 2.45) is 5.73 Å². The summed E-state index contributed by atoms with van der Waals surface area (Å²) >= 11 is 0. The second-order valence-corrected chi connectivity index (χ2v) is 6.84. The van der Waals surface area contributed by atoms with Crippen LogP contribution in [-0.4, -0.2) is 31.7 Å². The molecule has 4 N–H and O–H groups in total. The van der Waals surface area contributed by atoms with Gasteiger partial charge in [-0.1, -0.05) is 12.8 Å². The molecule has 1 aromatic carbocycles. The van der Waals surface area contributed by atoms with E-state index in [2.05, 4.69) is 0 Å². The molecular weight excluding hydrogens is 278 g/mol. The first-order valence-corrected chi connectivity index (χ1v) is 8.06. The SMILES string of the molecule is NC(=O)c1ccc(S(=O)(=O)N2CCCCCC2)c(N)c1. The maximum Gasteiger partial charge on any atom is 0.248 e. The minimum Gasteiger partial charge on any atom is -0.398 e. The van der Waals surface area contributed by atoms with Gasteiger partial charge in [0.05, 0.1) is 5.69 Å². The monoisotopic (exact) mass is 297 g/mol. The normalized spacial score (nSPS) is 17.6. The van der Waals surface area contributed by atoms with Crippen LogP contribution in [-0.2, 0) is 10.0 Å². The van der Waals surface area contributed by atoms with Gasteiger partial charge in [-0.2, -0.15) is 4.31 Å². The first-order chi connectivity index (χ1) is 9.43. The molecule has 0 aliphatic carbocycles. The van der Waals surface area contributed by atoms with E-state index in [0.717, 1.165) is 25.7 Å². The van der Waals surface area contributed by atoms with E-state index in [1.54, 1.807) is 0 Å². The number of benzene rings is 1. The third-order valence-electron chi connectivity index (χ3n) is 3.48. The average molecular weight is 297 g/mol. The molecule has 0 unspecified atom stereocenters. The van der Waals surface area contributed by atoms with Crippen LogP contribution < -0.4 is 11.5 Å². The molecule has 110 valence electrons. The Morgan fingerprint density at radius 2 is 1.70 bits per heavy atom. The van der Waals surface area contributed by atoms with Gasteiger partial charge in [-0.3, -0.25) is 4.79 Å². The van der Waals surface area contributed by atoms with Crippen molar-refractivity contribution >= 4 is 21.6 Å². The number of anilines is 1. The molecule has 0 saturated carbocycles. The van der Waals surface area contributed by atoms with E-state index in [4.69, 9.17) is 11.5 Å². The van der Waals surface area contributed by atoms with Crippen molar-refractivity contribution in [3.8, 4) is 0 Å². The summed E-state index contributed by atoms with van der Waals surface area (Å²) in [6.07, 6.45) is 3.81. The van der Waals surface area contributed by atoms with E-state index in [1.807, 2.05) is 0 Å². The van der Waals surface area contributed by atoms with E-state index < -0.39 is 15.9 Å². The highest BCUT2D eigenvalue weighted by atomic mass is 32.2. The molecule has 2 rings (SSSR count). The van der Waals surface area contributed by atoms with Crippen LogP contribution in [0.3, 0.4) is 0 Å². The summed E-state index contributed by atoms with van der Waals surface area (Å²) in [6.45, 7) is 1.03. The van der Waals surface area contributed by atoms with Gasteiger partial charge in [0.1, 0.15) is 4.90 Å². The Morgan fingerprint density at radius 1 is 1.10 bits per heavy atom. The zero-order valence-corrected chi connectivity index (χ0v) is 12.0. The minimum absolute atomic E-state index is 0.0457. The molecule has 1 saturated heterocycles. The van der Waals surface area contributed by atoms with Crippen LogP contribution in [0.1, 0.15) is 36.0 Å². The van der Waals surface area contributed by atoms with Gasteiger partial charge in [0.15, 0.2) is 0 Å². The van der Waals surface area contributed by atoms with Crippen molar-refractivity contribution < 1.29 is 13.2 Å². The number of hydrogen-bond acceptors (Lipinski definition) is 4. The summed E-state index contributed by atoms with van der Waals surface area (Å²) in [4.78, 5) is 11.1. The topological polar surface area (TPSA) is 106 Å². The van der Waals surface area contributed by atoms with E-state index >= 15 is 0 Å². The molecule has 1 aromatic rings. The lowest BCUT2D eigenvalue weighted by atomic mass is 10.2. The Kier molecular flexibility index (Phi) is 4.29. The molecule has 0 spiro atoms. The molecular formula is C13H19N3O3S. The quantitative estimate of drug-likeness (QED) is 0.809. The molecule has 20 heavy (non-hydrogen) atoms. The zero-order chi connectivity index (χ0) is 14.8. The molecule has 0 aromatic heterocycles. The highest BCUT2D eigenvalue weighted by molar-refractivity contribution is 7.89. The van der Waals surface area contributed by atoms with Crippen LogP contribution in [0.15, 0.2) is 23.1 Å². The van der Waals surface area contributed by atoms with Crippen molar-refractivity contribution in [3.05, 3.63) is 23.8 Å². The number of primary amides is 1. The molecule has 0 atom stereocenters. The molecule has 0 radical (unpaired) electrons. The van der Waals surface area contributed by atoms with Crippen molar-refractivity contribution in [2.75, 3.05) is 18.8 Å². The Morgan fingerprint density at radius 3 is 2.20 bits per heavy atom. The Bertz CT molecular complexity index is 605. The summed E-state index contributed by atoms with van der Waals surface area (Å²) in [5, 5.41) is 0. The van der Waals surface area contributed by atoms with E-state index in [1.165, 1.54) is 22.5 Å². The summed E-state index contributed by atoms with van der Waals surface area (Å²) in [7, 11) is -3.60. The summed E-state index contributed by atoms with van der Waals surface area (Å²) < 4.78 is 26.6. The fraction of sp³-hybridized carbons (Fsp3) is 0.462. The predicted octanol–water partition coefficient (Wildman–Crippen LogP) is 0.932. The van der Waals surface area contributed by atoms with Crippen molar-refractivity contribution in [3.63, 3.8) is 0 Å². The van der Waals surface area contributed by atoms with Gasteiger partial charge in [-0.15, -0.1) is 0 Å². The van der Waals surface area contributed by atoms with Crippen LogP contribution in [0.5, 0.6) is 0 Å². The number of nitrogens with two attached hydrogens (primary N) is 2. The molecule has 1 aliphatic heterocycles. The molecule has 1 fully saturated rings. The lowest BCUT2D eigenvalue weighted by Gasteiger charge is -2.21. The molecule has 6 nitrogen and oxygen atoms in total. The number of carbonyl (C=O) groups is 1. The summed E-state index contributed by atoms with van der Waals surface area (Å²) in [5.74, 6) is -0.629. The molecule has 0 bridgehead atoms. The number of nitrogens with zero attached hydrogens (tertiary/aromatic N) is 1. The third-order valence-corrected chi connectivity index (χ3v) is 5.45. The van der Waals surface area contributed by atoms with E-state index in [0.29, 0.717) is 13.1 Å². The minimum atomic E-state index is -3.60. The molecule has 1 amide bonds. The third kappa shape index (κ3) is 2.94. The molecule has 1 heterocycles. The number of nitrogen functional groups attached to an aromatic ring is 1. The maximum absolute atomic E-state index is 12.6. The number of carbonyl (C=O) groups excluding carboxylic acids is 1. The predicted molar refractivity (Wildman–Crippen MR) is 76.6 cm³/mol. The summed E-state index contributed by atoms with van der Waals surface area (Å²) in [5.41, 5.74) is 11.2. The first kappa shape index (κ1) is 14.8. The van der Waals surface area contributed by atoms with Gasteiger partial charge in [0.2, 0.25) is 15.9 Å². The van der Waals surface area contributed by atoms with E-state index in [-0.39, 0.29) is 16.1 Å². The van der Waals surface area contributed by atoms with Gasteiger partial charge in [-0.05, 0) is 31.0 Å². The fourth-order valence-electron chi connectivity index (χ4n) is 2.36. The van der Waals surface area contributed by atoms with Gasteiger partial charge in [-0.25, -0.2) is 8.42 Å². The highest BCUT2D eigenvalue weighted by Crippen LogP contribution is 2.25. The van der Waals surface area contributed by atoms with Gasteiger partial charge in [0, 0.05) is 18.7 Å². The Balaban J connectivity index is 2.36. The highest BCUT2D eigenvalue weighted by Gasteiger charge is 2.27. The Hall–Kier alpha value is -1.60. The average Bonchev–Trinajstić information content (AvgIpc) is 2.67. The lowest BCUT2D eigenvalue weighted by Crippen LogP contribution is -2.32. The number of amides is 1. The lowest BCUT2D eigenvalue weighted by molar-refractivity contribution is 0.1000. The van der Waals surface area contributed by atoms with Gasteiger partial charge >= 0.3 is 0 Å². The zero-order valence-electron chi connectivity index (χ0n) is 11.2. The number of hydrogen-bond donors (Lipinski definition) is 2. The van der Waals surface area contributed by atoms with E-state index in [9.17, 15) is 13.2 Å². The van der Waals surface area contributed by atoms with Crippen molar-refractivity contribution in [2.45, 2.75) is 30.6 Å². The molecule has 1 aliphatic rings. The van der Waals surface area contributed by atoms with Crippen molar-refractivity contribution in [1.82, 2.24) is 4.31 Å². The second-order valence-electron chi connectivity index (χ2n) is 4.94. The van der Waals surface area contributed by atoms with Crippen LogP contribution in [0, 0.1) is 0 Å². The second kappa shape index (κ2) is 5.80. The number of sulfonamides is 1. The molecule has 7 heteroatoms. The Labute approximate surface area is 118 Å². The van der Waals surface area contributed by atoms with Crippen LogP contribution in [0.25, 0.3) is 0 Å².